The topological polar surface area (TPSA) is 75.1 Å². The van der Waals surface area contributed by atoms with Crippen LogP contribution >= 0.6 is 11.6 Å². The number of hydrogen-bond donors (Lipinski definition) is 2. The number of halogens is 1. The van der Waals surface area contributed by atoms with Gasteiger partial charge in [-0.3, -0.25) is 9.78 Å². The molecular weight excluding hydrogens is 266 g/mol. The Bertz CT molecular complexity index is 413. The van der Waals surface area contributed by atoms with Gasteiger partial charge in [0, 0.05) is 13.0 Å². The molecule has 0 fully saturated rings. The van der Waals surface area contributed by atoms with E-state index in [9.17, 15) is 4.79 Å². The average molecular weight is 286 g/mol. The van der Waals surface area contributed by atoms with E-state index in [1.807, 2.05) is 0 Å². The summed E-state index contributed by atoms with van der Waals surface area (Å²) in [5, 5.41) is 12.2. The Morgan fingerprint density at radius 2 is 2.16 bits per heavy atom. The Morgan fingerprint density at radius 3 is 2.74 bits per heavy atom. The number of nitrogens with zero attached hydrogens (tertiary/aromatic N) is 2. The van der Waals surface area contributed by atoms with Gasteiger partial charge in [-0.05, 0) is 24.7 Å². The number of rotatable bonds is 8. The standard InChI is InChI=1S/C13H20ClN3O2/c1-9(2)10(3-4-13(18)19)5-6-16-12-8-15-7-11(14)17-12/h7-10H,3-6H2,1-2H3,(H,16,17)(H,18,19). The fourth-order valence-corrected chi connectivity index (χ4v) is 2.08. The molecule has 0 aliphatic rings. The summed E-state index contributed by atoms with van der Waals surface area (Å²) in [6.45, 7) is 4.97. The Morgan fingerprint density at radius 1 is 1.42 bits per heavy atom. The third-order valence-corrected chi connectivity index (χ3v) is 3.28. The maximum atomic E-state index is 10.6. The number of anilines is 1. The lowest BCUT2D eigenvalue weighted by Crippen LogP contribution is -2.16. The average Bonchev–Trinajstić information content (AvgIpc) is 2.32. The first-order valence-corrected chi connectivity index (χ1v) is 6.80. The molecule has 0 aromatic carbocycles. The maximum absolute atomic E-state index is 10.6. The summed E-state index contributed by atoms with van der Waals surface area (Å²) in [6, 6.07) is 0. The highest BCUT2D eigenvalue weighted by Crippen LogP contribution is 2.21. The molecule has 0 amide bonds. The van der Waals surface area contributed by atoms with Crippen molar-refractivity contribution in [3.05, 3.63) is 17.5 Å². The van der Waals surface area contributed by atoms with Crippen LogP contribution in [0, 0.1) is 11.8 Å². The Kier molecular flexibility index (Phi) is 6.56. The molecule has 1 atom stereocenters. The molecule has 0 saturated carbocycles. The molecule has 1 aromatic heterocycles. The first kappa shape index (κ1) is 15.7. The van der Waals surface area contributed by atoms with Crippen LogP contribution in [0.2, 0.25) is 5.15 Å². The number of nitrogens with one attached hydrogen (secondary N) is 1. The van der Waals surface area contributed by atoms with E-state index < -0.39 is 5.97 Å². The van der Waals surface area contributed by atoms with Crippen molar-refractivity contribution in [2.24, 2.45) is 11.8 Å². The van der Waals surface area contributed by atoms with Gasteiger partial charge >= 0.3 is 5.97 Å². The predicted molar refractivity (Wildman–Crippen MR) is 75.3 cm³/mol. The molecule has 5 nitrogen and oxygen atoms in total. The third kappa shape index (κ3) is 6.38. The van der Waals surface area contributed by atoms with Gasteiger partial charge in [0.05, 0.1) is 12.4 Å². The number of carboxylic acid groups (broad SMARTS) is 1. The van der Waals surface area contributed by atoms with Gasteiger partial charge in [-0.1, -0.05) is 25.4 Å². The Labute approximate surface area is 118 Å². The monoisotopic (exact) mass is 285 g/mol. The van der Waals surface area contributed by atoms with Crippen molar-refractivity contribution in [3.8, 4) is 0 Å². The zero-order valence-electron chi connectivity index (χ0n) is 11.3. The summed E-state index contributed by atoms with van der Waals surface area (Å²) in [6.07, 6.45) is 4.93. The van der Waals surface area contributed by atoms with Gasteiger partial charge in [0.1, 0.15) is 11.0 Å². The summed E-state index contributed by atoms with van der Waals surface area (Å²) < 4.78 is 0. The lowest BCUT2D eigenvalue weighted by Gasteiger charge is -2.20. The number of carboxylic acids is 1. The SMILES string of the molecule is CC(C)C(CCNc1cncc(Cl)n1)CCC(=O)O. The molecule has 106 valence electrons. The van der Waals surface area contributed by atoms with Crippen molar-refractivity contribution in [2.45, 2.75) is 33.1 Å². The highest BCUT2D eigenvalue weighted by molar-refractivity contribution is 6.29. The molecule has 0 bridgehead atoms. The van der Waals surface area contributed by atoms with Crippen molar-refractivity contribution in [3.63, 3.8) is 0 Å². The largest absolute Gasteiger partial charge is 0.481 e. The van der Waals surface area contributed by atoms with Crippen molar-refractivity contribution >= 4 is 23.4 Å². The lowest BCUT2D eigenvalue weighted by atomic mass is 9.88. The summed E-state index contributed by atoms with van der Waals surface area (Å²) in [4.78, 5) is 18.6. The molecular formula is C13H20ClN3O2. The Hall–Kier alpha value is -1.36. The smallest absolute Gasteiger partial charge is 0.303 e. The molecule has 1 rings (SSSR count). The maximum Gasteiger partial charge on any atom is 0.303 e. The number of aromatic nitrogens is 2. The molecule has 0 aliphatic heterocycles. The van der Waals surface area contributed by atoms with E-state index in [-0.39, 0.29) is 6.42 Å². The fourth-order valence-electron chi connectivity index (χ4n) is 1.93. The molecule has 0 radical (unpaired) electrons. The van der Waals surface area contributed by atoms with E-state index in [0.29, 0.717) is 29.2 Å². The van der Waals surface area contributed by atoms with Crippen LogP contribution in [0.15, 0.2) is 12.4 Å². The van der Waals surface area contributed by atoms with E-state index in [0.717, 1.165) is 13.0 Å². The van der Waals surface area contributed by atoms with Crippen LogP contribution in [-0.4, -0.2) is 27.6 Å². The second-order valence-corrected chi connectivity index (χ2v) is 5.27. The van der Waals surface area contributed by atoms with Crippen LogP contribution < -0.4 is 5.32 Å². The highest BCUT2D eigenvalue weighted by Gasteiger charge is 2.14. The summed E-state index contributed by atoms with van der Waals surface area (Å²) in [5.41, 5.74) is 0. The van der Waals surface area contributed by atoms with Crippen LogP contribution in [0.3, 0.4) is 0 Å². The van der Waals surface area contributed by atoms with Gasteiger partial charge in [0.15, 0.2) is 0 Å². The molecule has 1 unspecified atom stereocenters. The van der Waals surface area contributed by atoms with E-state index >= 15 is 0 Å². The molecule has 0 aliphatic carbocycles. The van der Waals surface area contributed by atoms with Gasteiger partial charge < -0.3 is 10.4 Å². The van der Waals surface area contributed by atoms with Crippen molar-refractivity contribution in [2.75, 3.05) is 11.9 Å². The van der Waals surface area contributed by atoms with Crippen LogP contribution in [0.4, 0.5) is 5.82 Å². The second kappa shape index (κ2) is 7.94. The van der Waals surface area contributed by atoms with E-state index in [1.54, 1.807) is 6.20 Å². The Balaban J connectivity index is 2.37. The first-order chi connectivity index (χ1) is 8.99. The molecule has 1 aromatic rings. The predicted octanol–water partition coefficient (Wildman–Crippen LogP) is 3.07. The zero-order valence-corrected chi connectivity index (χ0v) is 12.0. The molecule has 19 heavy (non-hydrogen) atoms. The number of hydrogen-bond acceptors (Lipinski definition) is 4. The van der Waals surface area contributed by atoms with Gasteiger partial charge in [-0.2, -0.15) is 0 Å². The van der Waals surface area contributed by atoms with Crippen molar-refractivity contribution in [1.29, 1.82) is 0 Å². The number of aliphatic carboxylic acids is 1. The normalized spacial score (nSPS) is 12.4. The van der Waals surface area contributed by atoms with Crippen LogP contribution in [-0.2, 0) is 4.79 Å². The molecule has 0 spiro atoms. The summed E-state index contributed by atoms with van der Waals surface area (Å²) in [5.74, 6) is 0.759. The minimum absolute atomic E-state index is 0.222. The van der Waals surface area contributed by atoms with E-state index in [4.69, 9.17) is 16.7 Å². The van der Waals surface area contributed by atoms with Gasteiger partial charge in [0.2, 0.25) is 0 Å². The molecule has 0 saturated heterocycles. The highest BCUT2D eigenvalue weighted by atomic mass is 35.5. The third-order valence-electron chi connectivity index (χ3n) is 3.10. The summed E-state index contributed by atoms with van der Waals surface area (Å²) >= 11 is 5.74. The molecule has 6 heteroatoms. The quantitative estimate of drug-likeness (QED) is 0.768. The molecule has 1 heterocycles. The lowest BCUT2D eigenvalue weighted by molar-refractivity contribution is -0.137. The summed E-state index contributed by atoms with van der Waals surface area (Å²) in [7, 11) is 0. The van der Waals surface area contributed by atoms with E-state index in [2.05, 4.69) is 29.1 Å². The molecule has 2 N–H and O–H groups in total. The van der Waals surface area contributed by atoms with Gasteiger partial charge in [0.25, 0.3) is 0 Å². The second-order valence-electron chi connectivity index (χ2n) is 4.88. The minimum Gasteiger partial charge on any atom is -0.481 e. The van der Waals surface area contributed by atoms with Gasteiger partial charge in [-0.15, -0.1) is 0 Å². The van der Waals surface area contributed by atoms with Crippen molar-refractivity contribution < 1.29 is 9.90 Å². The van der Waals surface area contributed by atoms with Crippen molar-refractivity contribution in [1.82, 2.24) is 9.97 Å². The van der Waals surface area contributed by atoms with Crippen LogP contribution in [0.5, 0.6) is 0 Å². The minimum atomic E-state index is -0.737. The first-order valence-electron chi connectivity index (χ1n) is 6.42. The van der Waals surface area contributed by atoms with E-state index in [1.165, 1.54) is 6.20 Å². The zero-order chi connectivity index (χ0) is 14.3. The fraction of sp³-hybridized carbons (Fsp3) is 0.615. The number of carbonyl (C=O) groups is 1. The van der Waals surface area contributed by atoms with Gasteiger partial charge in [-0.25, -0.2) is 4.98 Å². The van der Waals surface area contributed by atoms with Crippen LogP contribution in [0.1, 0.15) is 33.1 Å². The van der Waals surface area contributed by atoms with Crippen LogP contribution in [0.25, 0.3) is 0 Å².